The van der Waals surface area contributed by atoms with E-state index in [0.29, 0.717) is 5.69 Å². The SMILES string of the molecule is Cc1cc(N)nc(=O)n1[C@@H]1O[C@H](CO)[C@H](O)C1(N)C#CCl. The van der Waals surface area contributed by atoms with Crippen LogP contribution >= 0.6 is 11.6 Å². The molecular weight excluding hydrogens is 300 g/mol. The van der Waals surface area contributed by atoms with Crippen molar-refractivity contribution in [2.24, 2.45) is 5.73 Å². The van der Waals surface area contributed by atoms with Crippen molar-refractivity contribution in [2.45, 2.75) is 30.9 Å². The van der Waals surface area contributed by atoms with Gasteiger partial charge in [-0.05, 0) is 24.6 Å². The Balaban J connectivity index is 2.61. The van der Waals surface area contributed by atoms with Crippen LogP contribution in [0.25, 0.3) is 0 Å². The molecule has 1 aliphatic rings. The molecule has 0 amide bonds. The molecule has 1 fully saturated rings. The lowest BCUT2D eigenvalue weighted by atomic mass is 9.92. The molecule has 1 aromatic heterocycles. The summed E-state index contributed by atoms with van der Waals surface area (Å²) in [7, 11) is 0. The molecule has 1 aliphatic heterocycles. The predicted octanol–water partition coefficient (Wildman–Crippen LogP) is -1.72. The monoisotopic (exact) mass is 314 g/mol. The third-order valence-corrected chi connectivity index (χ3v) is 3.49. The Morgan fingerprint density at radius 2 is 2.33 bits per heavy atom. The molecule has 9 heteroatoms. The van der Waals surface area contributed by atoms with Crippen LogP contribution in [0.5, 0.6) is 0 Å². The van der Waals surface area contributed by atoms with Crippen LogP contribution in [0.15, 0.2) is 10.9 Å². The summed E-state index contributed by atoms with van der Waals surface area (Å²) >= 11 is 5.39. The molecular formula is C12H15ClN4O4. The summed E-state index contributed by atoms with van der Waals surface area (Å²) in [6.07, 6.45) is -3.49. The van der Waals surface area contributed by atoms with Gasteiger partial charge in [-0.1, -0.05) is 5.92 Å². The van der Waals surface area contributed by atoms with E-state index in [1.54, 1.807) is 6.92 Å². The maximum Gasteiger partial charge on any atom is 0.351 e. The van der Waals surface area contributed by atoms with E-state index in [9.17, 15) is 15.0 Å². The second-order valence-electron chi connectivity index (χ2n) is 4.78. The van der Waals surface area contributed by atoms with E-state index < -0.39 is 36.3 Å². The van der Waals surface area contributed by atoms with Crippen molar-refractivity contribution in [3.05, 3.63) is 22.2 Å². The number of hydrogen-bond donors (Lipinski definition) is 4. The Morgan fingerprint density at radius 1 is 1.67 bits per heavy atom. The van der Waals surface area contributed by atoms with Gasteiger partial charge in [-0.25, -0.2) is 4.79 Å². The number of anilines is 1. The third kappa shape index (κ3) is 2.50. The minimum absolute atomic E-state index is 0.0528. The Hall–Kier alpha value is -1.63. The minimum Gasteiger partial charge on any atom is -0.394 e. The molecule has 1 saturated heterocycles. The van der Waals surface area contributed by atoms with Crippen LogP contribution in [0.1, 0.15) is 11.9 Å². The first-order valence-corrected chi connectivity index (χ1v) is 6.44. The van der Waals surface area contributed by atoms with Crippen LogP contribution in [0.3, 0.4) is 0 Å². The van der Waals surface area contributed by atoms with Crippen LogP contribution in [-0.2, 0) is 4.74 Å². The highest BCUT2D eigenvalue weighted by atomic mass is 35.5. The van der Waals surface area contributed by atoms with Gasteiger partial charge in [-0.15, -0.1) is 0 Å². The van der Waals surface area contributed by atoms with Crippen LogP contribution in [0, 0.1) is 18.2 Å². The number of rotatable bonds is 2. The Kier molecular flexibility index (Phi) is 4.22. The van der Waals surface area contributed by atoms with Crippen molar-refractivity contribution >= 4 is 17.4 Å². The summed E-state index contributed by atoms with van der Waals surface area (Å²) in [6, 6.07) is 1.46. The normalized spacial score (nSPS) is 31.8. The van der Waals surface area contributed by atoms with Gasteiger partial charge in [-0.2, -0.15) is 4.98 Å². The molecule has 6 N–H and O–H groups in total. The highest BCUT2D eigenvalue weighted by Crippen LogP contribution is 2.36. The molecule has 2 rings (SSSR count). The summed E-state index contributed by atoms with van der Waals surface area (Å²) in [5.41, 5.74) is 9.63. The predicted molar refractivity (Wildman–Crippen MR) is 75.2 cm³/mol. The molecule has 0 radical (unpaired) electrons. The van der Waals surface area contributed by atoms with Gasteiger partial charge in [-0.3, -0.25) is 4.57 Å². The second-order valence-corrected chi connectivity index (χ2v) is 4.97. The molecule has 0 aromatic carbocycles. The van der Waals surface area contributed by atoms with Gasteiger partial charge in [0.2, 0.25) is 0 Å². The molecule has 114 valence electrons. The molecule has 0 spiro atoms. The number of aromatic nitrogens is 2. The van der Waals surface area contributed by atoms with Crippen molar-refractivity contribution in [1.82, 2.24) is 9.55 Å². The number of aliphatic hydroxyl groups is 2. The lowest BCUT2D eigenvalue weighted by Gasteiger charge is -2.28. The number of nitrogen functional groups attached to an aromatic ring is 1. The molecule has 0 bridgehead atoms. The van der Waals surface area contributed by atoms with Gasteiger partial charge in [0.15, 0.2) is 11.8 Å². The number of nitrogens with two attached hydrogens (primary N) is 2. The first-order chi connectivity index (χ1) is 9.85. The minimum atomic E-state index is -1.67. The first-order valence-electron chi connectivity index (χ1n) is 6.07. The van der Waals surface area contributed by atoms with Crippen molar-refractivity contribution < 1.29 is 14.9 Å². The van der Waals surface area contributed by atoms with Gasteiger partial charge < -0.3 is 26.4 Å². The average Bonchev–Trinajstić information content (AvgIpc) is 2.63. The van der Waals surface area contributed by atoms with Crippen LogP contribution in [-0.4, -0.2) is 44.1 Å². The molecule has 4 atom stereocenters. The van der Waals surface area contributed by atoms with Crippen molar-refractivity contribution in [3.8, 4) is 11.3 Å². The lowest BCUT2D eigenvalue weighted by molar-refractivity contribution is -0.0483. The third-order valence-electron chi connectivity index (χ3n) is 3.40. The largest absolute Gasteiger partial charge is 0.394 e. The fourth-order valence-corrected chi connectivity index (χ4v) is 2.52. The Labute approximate surface area is 125 Å². The van der Waals surface area contributed by atoms with Crippen LogP contribution in [0.2, 0.25) is 0 Å². The molecule has 8 nitrogen and oxygen atoms in total. The van der Waals surface area contributed by atoms with E-state index in [-0.39, 0.29) is 5.82 Å². The smallest absolute Gasteiger partial charge is 0.351 e. The van der Waals surface area contributed by atoms with Crippen molar-refractivity contribution in [2.75, 3.05) is 12.3 Å². The molecule has 0 saturated carbocycles. The van der Waals surface area contributed by atoms with E-state index in [1.165, 1.54) is 6.07 Å². The zero-order chi connectivity index (χ0) is 15.8. The molecule has 0 aliphatic carbocycles. The number of nitrogens with zero attached hydrogens (tertiary/aromatic N) is 2. The molecule has 21 heavy (non-hydrogen) atoms. The zero-order valence-electron chi connectivity index (χ0n) is 11.2. The summed E-state index contributed by atoms with van der Waals surface area (Å²) in [5, 5.41) is 21.5. The van der Waals surface area contributed by atoms with E-state index >= 15 is 0 Å². The van der Waals surface area contributed by atoms with E-state index in [4.69, 9.17) is 27.8 Å². The number of hydrogen-bond acceptors (Lipinski definition) is 7. The van der Waals surface area contributed by atoms with Crippen molar-refractivity contribution in [1.29, 1.82) is 0 Å². The first kappa shape index (κ1) is 15.8. The van der Waals surface area contributed by atoms with E-state index in [2.05, 4.69) is 16.3 Å². The number of ether oxygens (including phenoxy) is 1. The topological polar surface area (TPSA) is 137 Å². The van der Waals surface area contributed by atoms with Gasteiger partial charge in [0, 0.05) is 11.1 Å². The van der Waals surface area contributed by atoms with Crippen LogP contribution in [0.4, 0.5) is 5.82 Å². The van der Waals surface area contributed by atoms with Gasteiger partial charge in [0.1, 0.15) is 18.0 Å². The highest BCUT2D eigenvalue weighted by molar-refractivity contribution is 6.30. The number of halogens is 1. The lowest BCUT2D eigenvalue weighted by Crippen LogP contribution is -2.55. The van der Waals surface area contributed by atoms with E-state index in [1.807, 2.05) is 0 Å². The Bertz CT molecular complexity index is 667. The average molecular weight is 315 g/mol. The zero-order valence-corrected chi connectivity index (χ0v) is 11.9. The quantitative estimate of drug-likeness (QED) is 0.477. The molecule has 1 aromatic rings. The summed E-state index contributed by atoms with van der Waals surface area (Å²) in [5.74, 6) is 2.49. The Morgan fingerprint density at radius 3 is 2.86 bits per heavy atom. The maximum atomic E-state index is 12.1. The molecule has 2 heterocycles. The maximum absolute atomic E-state index is 12.1. The fraction of sp³-hybridized carbons (Fsp3) is 0.500. The number of aliphatic hydroxyl groups excluding tert-OH is 2. The number of aryl methyl sites for hydroxylation is 1. The fourth-order valence-electron chi connectivity index (χ4n) is 2.36. The second kappa shape index (κ2) is 5.63. The standard InChI is InChI=1S/C12H15ClN4O4/c1-6-4-8(14)16-11(20)17(6)10-12(15,2-3-13)9(19)7(5-18)21-10/h4,7,9-10,18-19H,5,15H2,1H3,(H2,14,16,20)/t7-,9+,10-,12?/m1/s1. The van der Waals surface area contributed by atoms with Crippen molar-refractivity contribution in [3.63, 3.8) is 0 Å². The van der Waals surface area contributed by atoms with Gasteiger partial charge >= 0.3 is 5.69 Å². The summed E-state index contributed by atoms with van der Waals surface area (Å²) in [6.45, 7) is 1.12. The van der Waals surface area contributed by atoms with Gasteiger partial charge in [0.25, 0.3) is 0 Å². The van der Waals surface area contributed by atoms with E-state index in [0.717, 1.165) is 4.57 Å². The highest BCUT2D eigenvalue weighted by Gasteiger charge is 2.54. The summed E-state index contributed by atoms with van der Waals surface area (Å²) in [4.78, 5) is 15.7. The summed E-state index contributed by atoms with van der Waals surface area (Å²) < 4.78 is 6.60. The van der Waals surface area contributed by atoms with Crippen LogP contribution < -0.4 is 17.2 Å². The molecule has 1 unspecified atom stereocenters. The van der Waals surface area contributed by atoms with Gasteiger partial charge in [0.05, 0.1) is 6.61 Å².